The van der Waals surface area contributed by atoms with Crippen molar-refractivity contribution in [1.82, 2.24) is 5.01 Å². The van der Waals surface area contributed by atoms with E-state index in [9.17, 15) is 9.90 Å². The number of amides is 2. The van der Waals surface area contributed by atoms with E-state index in [0.29, 0.717) is 13.2 Å². The number of ether oxygens (including phenoxy) is 1. The molecule has 1 N–H and O–H groups in total. The van der Waals surface area contributed by atoms with Gasteiger partial charge in [-0.2, -0.15) is 5.10 Å². The number of hydrazone groups is 1. The van der Waals surface area contributed by atoms with Gasteiger partial charge in [-0.25, -0.2) is 9.80 Å². The summed E-state index contributed by atoms with van der Waals surface area (Å²) in [4.78, 5) is 15.2. The van der Waals surface area contributed by atoms with E-state index < -0.39 is 0 Å². The second-order valence-electron chi connectivity index (χ2n) is 6.94. The van der Waals surface area contributed by atoms with E-state index in [4.69, 9.17) is 4.74 Å². The number of urea groups is 1. The predicted octanol–water partition coefficient (Wildman–Crippen LogP) is 3.57. The van der Waals surface area contributed by atoms with Crippen molar-refractivity contribution in [2.45, 2.75) is 32.4 Å². The average Bonchev–Trinajstić information content (AvgIpc) is 2.84. The molecular formula is C21H23N3O3. The van der Waals surface area contributed by atoms with E-state index >= 15 is 0 Å². The molecule has 27 heavy (non-hydrogen) atoms. The van der Waals surface area contributed by atoms with Crippen LogP contribution < -0.4 is 4.90 Å². The van der Waals surface area contributed by atoms with Gasteiger partial charge in [0.05, 0.1) is 30.2 Å². The summed E-state index contributed by atoms with van der Waals surface area (Å²) in [5.41, 5.74) is 4.35. The topological polar surface area (TPSA) is 65.4 Å². The second kappa shape index (κ2) is 7.50. The minimum Gasteiger partial charge on any atom is -0.392 e. The van der Waals surface area contributed by atoms with Crippen LogP contribution in [0.1, 0.15) is 29.5 Å². The molecular weight excluding hydrogens is 342 g/mol. The van der Waals surface area contributed by atoms with Gasteiger partial charge in [0, 0.05) is 18.8 Å². The summed E-state index contributed by atoms with van der Waals surface area (Å²) in [6.45, 7) is 3.26. The van der Waals surface area contributed by atoms with Crippen LogP contribution in [0.25, 0.3) is 0 Å². The van der Waals surface area contributed by atoms with E-state index in [2.05, 4.69) is 5.10 Å². The molecule has 0 unspecified atom stereocenters. The number of hydrogen-bond acceptors (Lipinski definition) is 4. The molecule has 0 aliphatic carbocycles. The Morgan fingerprint density at radius 3 is 2.59 bits per heavy atom. The molecule has 140 valence electrons. The molecule has 0 spiro atoms. The van der Waals surface area contributed by atoms with Crippen LogP contribution in [-0.2, 0) is 11.3 Å². The highest BCUT2D eigenvalue weighted by Crippen LogP contribution is 2.33. The number of fused-ring (bicyclic) bond motifs is 1. The van der Waals surface area contributed by atoms with E-state index in [0.717, 1.165) is 40.9 Å². The van der Waals surface area contributed by atoms with Gasteiger partial charge in [0.1, 0.15) is 0 Å². The lowest BCUT2D eigenvalue weighted by molar-refractivity contribution is 0.0484. The van der Waals surface area contributed by atoms with Crippen molar-refractivity contribution < 1.29 is 14.6 Å². The highest BCUT2D eigenvalue weighted by atomic mass is 16.5. The normalized spacial score (nSPS) is 17.8. The summed E-state index contributed by atoms with van der Waals surface area (Å²) < 4.78 is 5.44. The minimum atomic E-state index is -0.167. The van der Waals surface area contributed by atoms with Gasteiger partial charge in [0.2, 0.25) is 0 Å². The van der Waals surface area contributed by atoms with Crippen molar-refractivity contribution >= 4 is 23.6 Å². The SMILES string of the molecule is Cc1ccc2c(c1)N(c1ccc(CO)cc1)C(=O)N(C1CCOCC1)N=C2. The van der Waals surface area contributed by atoms with Gasteiger partial charge in [-0.05, 0) is 49.1 Å². The summed E-state index contributed by atoms with van der Waals surface area (Å²) in [5.74, 6) is 0. The van der Waals surface area contributed by atoms with Gasteiger partial charge in [-0.3, -0.25) is 4.90 Å². The molecule has 2 aliphatic rings. The fraction of sp³-hybridized carbons (Fsp3) is 0.333. The third kappa shape index (κ3) is 3.46. The number of benzene rings is 2. The van der Waals surface area contributed by atoms with Crippen LogP contribution in [-0.4, -0.2) is 41.6 Å². The third-order valence-electron chi connectivity index (χ3n) is 5.05. The lowest BCUT2D eigenvalue weighted by Crippen LogP contribution is -2.45. The predicted molar refractivity (Wildman–Crippen MR) is 104 cm³/mol. The minimum absolute atomic E-state index is 0.0251. The maximum Gasteiger partial charge on any atom is 0.349 e. The van der Waals surface area contributed by atoms with Gasteiger partial charge in [0.25, 0.3) is 0 Å². The standard InChI is InChI=1S/C21H23N3O3/c1-15-2-5-17-13-22-24(19-8-10-27-11-9-19)21(26)23(20(17)12-15)18-6-3-16(14-25)4-7-18/h2-7,12-13,19,25H,8-11,14H2,1H3. The number of nitrogens with zero attached hydrogens (tertiary/aromatic N) is 3. The van der Waals surface area contributed by atoms with Gasteiger partial charge < -0.3 is 9.84 Å². The zero-order chi connectivity index (χ0) is 18.8. The average molecular weight is 365 g/mol. The van der Waals surface area contributed by atoms with Crippen molar-refractivity contribution in [3.8, 4) is 0 Å². The summed E-state index contributed by atoms with van der Waals surface area (Å²) in [6, 6.07) is 13.3. The molecule has 6 heteroatoms. The van der Waals surface area contributed by atoms with Crippen LogP contribution in [0, 0.1) is 6.92 Å². The second-order valence-corrected chi connectivity index (χ2v) is 6.94. The fourth-order valence-corrected chi connectivity index (χ4v) is 3.52. The van der Waals surface area contributed by atoms with Crippen LogP contribution in [0.4, 0.5) is 16.2 Å². The first-order chi connectivity index (χ1) is 13.2. The highest BCUT2D eigenvalue weighted by molar-refractivity contribution is 6.06. The van der Waals surface area contributed by atoms with Crippen molar-refractivity contribution in [2.75, 3.05) is 18.1 Å². The maximum absolute atomic E-state index is 13.5. The van der Waals surface area contributed by atoms with E-state index in [1.807, 2.05) is 49.4 Å². The van der Waals surface area contributed by atoms with E-state index in [-0.39, 0.29) is 18.7 Å². The summed E-state index contributed by atoms with van der Waals surface area (Å²) in [6.07, 6.45) is 3.32. The Labute approximate surface area is 158 Å². The number of aliphatic hydroxyl groups excluding tert-OH is 1. The molecule has 1 fully saturated rings. The van der Waals surface area contributed by atoms with Crippen LogP contribution in [0.15, 0.2) is 47.6 Å². The Hall–Kier alpha value is -2.70. The molecule has 4 rings (SSSR count). The summed E-state index contributed by atoms with van der Waals surface area (Å²) >= 11 is 0. The molecule has 2 heterocycles. The molecule has 0 bridgehead atoms. The molecule has 0 saturated carbocycles. The number of carbonyl (C=O) groups is 1. The molecule has 2 aliphatic heterocycles. The van der Waals surface area contributed by atoms with Crippen molar-refractivity contribution in [3.63, 3.8) is 0 Å². The number of carbonyl (C=O) groups excluding carboxylic acids is 1. The lowest BCUT2D eigenvalue weighted by Gasteiger charge is -2.33. The molecule has 6 nitrogen and oxygen atoms in total. The highest BCUT2D eigenvalue weighted by Gasteiger charge is 2.33. The van der Waals surface area contributed by atoms with Crippen LogP contribution in [0.2, 0.25) is 0 Å². The first-order valence-electron chi connectivity index (χ1n) is 9.23. The number of rotatable bonds is 3. The third-order valence-corrected chi connectivity index (χ3v) is 5.05. The number of anilines is 2. The monoisotopic (exact) mass is 365 g/mol. The van der Waals surface area contributed by atoms with Crippen molar-refractivity contribution in [2.24, 2.45) is 5.10 Å². The van der Waals surface area contributed by atoms with E-state index in [1.54, 1.807) is 16.1 Å². The maximum atomic E-state index is 13.5. The lowest BCUT2D eigenvalue weighted by atomic mass is 10.1. The van der Waals surface area contributed by atoms with Crippen LogP contribution >= 0.6 is 0 Å². The summed E-state index contributed by atoms with van der Waals surface area (Å²) in [5, 5.41) is 15.4. The molecule has 0 radical (unpaired) electrons. The molecule has 2 amide bonds. The molecule has 2 aromatic carbocycles. The zero-order valence-corrected chi connectivity index (χ0v) is 15.3. The number of aryl methyl sites for hydroxylation is 1. The van der Waals surface area contributed by atoms with Gasteiger partial charge in [-0.15, -0.1) is 0 Å². The van der Waals surface area contributed by atoms with Gasteiger partial charge in [-0.1, -0.05) is 24.3 Å². The number of aliphatic hydroxyl groups is 1. The number of hydrogen-bond donors (Lipinski definition) is 1. The van der Waals surface area contributed by atoms with E-state index in [1.165, 1.54) is 0 Å². The van der Waals surface area contributed by atoms with Gasteiger partial charge in [0.15, 0.2) is 0 Å². The Balaban J connectivity index is 1.79. The smallest absolute Gasteiger partial charge is 0.349 e. The molecule has 2 aromatic rings. The fourth-order valence-electron chi connectivity index (χ4n) is 3.52. The Morgan fingerprint density at radius 2 is 1.89 bits per heavy atom. The first-order valence-corrected chi connectivity index (χ1v) is 9.23. The summed E-state index contributed by atoms with van der Waals surface area (Å²) in [7, 11) is 0. The van der Waals surface area contributed by atoms with Crippen molar-refractivity contribution in [3.05, 3.63) is 59.2 Å². The van der Waals surface area contributed by atoms with Crippen LogP contribution in [0.3, 0.4) is 0 Å². The molecule has 0 aromatic heterocycles. The molecule has 1 saturated heterocycles. The van der Waals surface area contributed by atoms with Crippen LogP contribution in [0.5, 0.6) is 0 Å². The molecule has 0 atom stereocenters. The zero-order valence-electron chi connectivity index (χ0n) is 15.3. The Bertz CT molecular complexity index is 857. The quantitative estimate of drug-likeness (QED) is 0.904. The van der Waals surface area contributed by atoms with Crippen molar-refractivity contribution in [1.29, 1.82) is 0 Å². The largest absolute Gasteiger partial charge is 0.392 e. The Kier molecular flexibility index (Phi) is 4.92. The Morgan fingerprint density at radius 1 is 1.15 bits per heavy atom. The first kappa shape index (κ1) is 17.7. The van der Waals surface area contributed by atoms with Gasteiger partial charge >= 0.3 is 6.03 Å².